The molecule has 0 aromatic heterocycles. The standard InChI is InChI=1S/C14H18FNO2.C2H6/c15-12-8-11(9-13-14(12)18-10-17-13)4-3-7-16-5-1-2-6-16;1-2/h8-9H,1-7,10H2;1-2H3. The fourth-order valence-electron chi connectivity index (χ4n) is 2.68. The Kier molecular flexibility index (Phi) is 5.65. The van der Waals surface area contributed by atoms with Crippen molar-refractivity contribution in [2.24, 2.45) is 0 Å². The van der Waals surface area contributed by atoms with E-state index in [1.165, 1.54) is 25.9 Å². The van der Waals surface area contributed by atoms with Crippen molar-refractivity contribution in [3.8, 4) is 11.5 Å². The van der Waals surface area contributed by atoms with Gasteiger partial charge in [0.15, 0.2) is 11.6 Å². The highest BCUT2D eigenvalue weighted by Gasteiger charge is 2.19. The van der Waals surface area contributed by atoms with Crippen molar-refractivity contribution in [3.05, 3.63) is 23.5 Å². The first-order chi connectivity index (χ1) is 9.83. The van der Waals surface area contributed by atoms with E-state index in [2.05, 4.69) is 4.90 Å². The molecular weight excluding hydrogens is 257 g/mol. The second-order valence-electron chi connectivity index (χ2n) is 4.96. The normalized spacial score (nSPS) is 16.9. The van der Waals surface area contributed by atoms with E-state index in [0.29, 0.717) is 5.75 Å². The molecule has 0 aliphatic carbocycles. The third-order valence-electron chi connectivity index (χ3n) is 3.63. The van der Waals surface area contributed by atoms with Crippen LogP contribution in [0.4, 0.5) is 4.39 Å². The number of halogens is 1. The zero-order valence-electron chi connectivity index (χ0n) is 12.5. The number of hydrogen-bond acceptors (Lipinski definition) is 3. The molecule has 1 saturated heterocycles. The quantitative estimate of drug-likeness (QED) is 0.841. The van der Waals surface area contributed by atoms with Gasteiger partial charge in [-0.1, -0.05) is 13.8 Å². The van der Waals surface area contributed by atoms with E-state index in [-0.39, 0.29) is 18.4 Å². The predicted molar refractivity (Wildman–Crippen MR) is 77.9 cm³/mol. The summed E-state index contributed by atoms with van der Waals surface area (Å²) in [5, 5.41) is 0. The monoisotopic (exact) mass is 281 g/mol. The lowest BCUT2D eigenvalue weighted by Crippen LogP contribution is -2.20. The van der Waals surface area contributed by atoms with Crippen LogP contribution < -0.4 is 9.47 Å². The van der Waals surface area contributed by atoms with E-state index in [1.807, 2.05) is 19.9 Å². The van der Waals surface area contributed by atoms with E-state index >= 15 is 0 Å². The average Bonchev–Trinajstić information content (AvgIpc) is 3.12. The molecular formula is C16H24FNO2. The van der Waals surface area contributed by atoms with E-state index in [1.54, 1.807) is 6.07 Å². The van der Waals surface area contributed by atoms with Crippen molar-refractivity contribution in [1.29, 1.82) is 0 Å². The third-order valence-corrected chi connectivity index (χ3v) is 3.63. The van der Waals surface area contributed by atoms with Crippen LogP contribution >= 0.6 is 0 Å². The zero-order chi connectivity index (χ0) is 14.4. The van der Waals surface area contributed by atoms with Gasteiger partial charge in [-0.15, -0.1) is 0 Å². The molecule has 3 nitrogen and oxygen atoms in total. The van der Waals surface area contributed by atoms with Gasteiger partial charge in [0, 0.05) is 0 Å². The largest absolute Gasteiger partial charge is 0.453 e. The molecule has 4 heteroatoms. The lowest BCUT2D eigenvalue weighted by molar-refractivity contribution is 0.171. The van der Waals surface area contributed by atoms with Crippen molar-refractivity contribution in [2.45, 2.75) is 39.5 Å². The van der Waals surface area contributed by atoms with Crippen LogP contribution in [0.2, 0.25) is 0 Å². The Bertz CT molecular complexity index is 431. The van der Waals surface area contributed by atoms with Crippen LogP contribution in [0.15, 0.2) is 12.1 Å². The molecule has 0 spiro atoms. The SMILES string of the molecule is CC.Fc1cc(CCCN2CCCC2)cc2c1OCO2. The van der Waals surface area contributed by atoms with Gasteiger partial charge in [-0.3, -0.25) is 0 Å². The Morgan fingerprint density at radius 3 is 2.65 bits per heavy atom. The Hall–Kier alpha value is -1.29. The van der Waals surface area contributed by atoms with E-state index in [4.69, 9.17) is 9.47 Å². The van der Waals surface area contributed by atoms with Gasteiger partial charge in [-0.2, -0.15) is 0 Å². The van der Waals surface area contributed by atoms with Crippen LogP contribution in [0.3, 0.4) is 0 Å². The van der Waals surface area contributed by atoms with Crippen LogP contribution in [-0.4, -0.2) is 31.3 Å². The van der Waals surface area contributed by atoms with Crippen LogP contribution in [0.1, 0.15) is 38.7 Å². The van der Waals surface area contributed by atoms with Crippen LogP contribution in [0, 0.1) is 5.82 Å². The smallest absolute Gasteiger partial charge is 0.231 e. The molecule has 112 valence electrons. The molecule has 1 fully saturated rings. The van der Waals surface area contributed by atoms with Gasteiger partial charge in [0.05, 0.1) is 0 Å². The van der Waals surface area contributed by atoms with Gasteiger partial charge in [0.25, 0.3) is 0 Å². The van der Waals surface area contributed by atoms with Crippen molar-refractivity contribution in [3.63, 3.8) is 0 Å². The number of likely N-dealkylation sites (tertiary alicyclic amines) is 1. The summed E-state index contributed by atoms with van der Waals surface area (Å²) in [5.41, 5.74) is 0.996. The minimum atomic E-state index is -0.304. The lowest BCUT2D eigenvalue weighted by atomic mass is 10.1. The molecule has 2 aliphatic heterocycles. The molecule has 3 rings (SSSR count). The summed E-state index contributed by atoms with van der Waals surface area (Å²) in [6.07, 6.45) is 4.60. The highest BCUT2D eigenvalue weighted by molar-refractivity contribution is 5.45. The van der Waals surface area contributed by atoms with E-state index < -0.39 is 0 Å². The minimum absolute atomic E-state index is 0.128. The Morgan fingerprint density at radius 1 is 1.15 bits per heavy atom. The summed E-state index contributed by atoms with van der Waals surface area (Å²) < 4.78 is 24.0. The van der Waals surface area contributed by atoms with Crippen molar-refractivity contribution in [2.75, 3.05) is 26.4 Å². The lowest BCUT2D eigenvalue weighted by Gasteiger charge is -2.14. The van der Waals surface area contributed by atoms with Gasteiger partial charge in [0.2, 0.25) is 12.5 Å². The summed E-state index contributed by atoms with van der Waals surface area (Å²) in [6.45, 7) is 7.67. The molecule has 0 N–H and O–H groups in total. The Labute approximate surface area is 120 Å². The summed E-state index contributed by atoms with van der Waals surface area (Å²) in [6, 6.07) is 3.47. The van der Waals surface area contributed by atoms with Gasteiger partial charge >= 0.3 is 0 Å². The topological polar surface area (TPSA) is 21.7 Å². The van der Waals surface area contributed by atoms with Crippen molar-refractivity contribution >= 4 is 0 Å². The predicted octanol–water partition coefficient (Wildman–Crippen LogP) is 3.61. The second-order valence-corrected chi connectivity index (χ2v) is 4.96. The average molecular weight is 281 g/mol. The second kappa shape index (κ2) is 7.48. The van der Waals surface area contributed by atoms with Gasteiger partial charge in [0.1, 0.15) is 0 Å². The molecule has 0 atom stereocenters. The van der Waals surface area contributed by atoms with Crippen LogP contribution in [0.5, 0.6) is 11.5 Å². The Balaban J connectivity index is 0.000000704. The molecule has 20 heavy (non-hydrogen) atoms. The number of hydrogen-bond donors (Lipinski definition) is 0. The number of nitrogens with zero attached hydrogens (tertiary/aromatic N) is 1. The number of benzene rings is 1. The first kappa shape index (κ1) is 15.1. The number of aryl methyl sites for hydroxylation is 1. The highest BCUT2D eigenvalue weighted by Crippen LogP contribution is 2.35. The summed E-state index contributed by atoms with van der Waals surface area (Å²) >= 11 is 0. The summed E-state index contributed by atoms with van der Waals surface area (Å²) in [4.78, 5) is 2.48. The third kappa shape index (κ3) is 3.63. The fourth-order valence-corrected chi connectivity index (χ4v) is 2.68. The molecule has 0 bridgehead atoms. The Morgan fingerprint density at radius 2 is 1.90 bits per heavy atom. The minimum Gasteiger partial charge on any atom is -0.453 e. The maximum absolute atomic E-state index is 13.7. The number of rotatable bonds is 4. The van der Waals surface area contributed by atoms with Crippen LogP contribution in [0.25, 0.3) is 0 Å². The van der Waals surface area contributed by atoms with Gasteiger partial charge < -0.3 is 14.4 Å². The number of fused-ring (bicyclic) bond motifs is 1. The van der Waals surface area contributed by atoms with E-state index in [9.17, 15) is 4.39 Å². The maximum Gasteiger partial charge on any atom is 0.231 e. The molecule has 2 aliphatic rings. The molecule has 2 heterocycles. The molecule has 0 saturated carbocycles. The van der Waals surface area contributed by atoms with Crippen molar-refractivity contribution in [1.82, 2.24) is 4.90 Å². The molecule has 0 unspecified atom stereocenters. The maximum atomic E-state index is 13.7. The summed E-state index contributed by atoms with van der Waals surface area (Å²) in [5.74, 6) is 0.505. The van der Waals surface area contributed by atoms with E-state index in [0.717, 1.165) is 24.9 Å². The highest BCUT2D eigenvalue weighted by atomic mass is 19.1. The molecule has 1 aromatic carbocycles. The molecule has 1 aromatic rings. The first-order valence-electron chi connectivity index (χ1n) is 7.63. The van der Waals surface area contributed by atoms with Crippen molar-refractivity contribution < 1.29 is 13.9 Å². The molecule has 0 amide bonds. The zero-order valence-corrected chi connectivity index (χ0v) is 12.5. The van der Waals surface area contributed by atoms with Crippen LogP contribution in [-0.2, 0) is 6.42 Å². The van der Waals surface area contributed by atoms with Gasteiger partial charge in [-0.05, 0) is 63.0 Å². The number of ether oxygens (including phenoxy) is 2. The first-order valence-corrected chi connectivity index (χ1v) is 7.63. The van der Waals surface area contributed by atoms with Gasteiger partial charge in [-0.25, -0.2) is 4.39 Å². The summed E-state index contributed by atoms with van der Waals surface area (Å²) in [7, 11) is 0. The molecule has 0 radical (unpaired) electrons. The fraction of sp³-hybridized carbons (Fsp3) is 0.625.